The Kier molecular flexibility index (Phi) is 5.18. The van der Waals surface area contributed by atoms with Crippen LogP contribution >= 0.6 is 0 Å². The molecule has 1 N–H and O–H groups in total. The lowest BCUT2D eigenvalue weighted by molar-refractivity contribution is -0.146. The van der Waals surface area contributed by atoms with E-state index in [1.807, 2.05) is 0 Å². The molecule has 5 aliphatic rings. The number of ether oxygens (including phenoxy) is 1. The lowest BCUT2D eigenvalue weighted by Crippen LogP contribution is -2.53. The molecule has 1 atom stereocenters. The summed E-state index contributed by atoms with van der Waals surface area (Å²) in [6, 6.07) is 10.5. The molecule has 4 heteroatoms. The molecule has 5 fully saturated rings. The Hall–Kier alpha value is -1.39. The van der Waals surface area contributed by atoms with E-state index in [9.17, 15) is 4.79 Å². The van der Waals surface area contributed by atoms with Gasteiger partial charge in [0, 0.05) is 31.6 Å². The Morgan fingerprint density at radius 3 is 2.43 bits per heavy atom. The molecule has 4 bridgehead atoms. The van der Waals surface area contributed by atoms with Crippen LogP contribution in [0.3, 0.4) is 0 Å². The van der Waals surface area contributed by atoms with Crippen molar-refractivity contribution in [1.82, 2.24) is 10.2 Å². The van der Waals surface area contributed by atoms with Crippen LogP contribution in [-0.2, 0) is 9.53 Å². The Morgan fingerprint density at radius 1 is 1.07 bits per heavy atom. The maximum absolute atomic E-state index is 13.0. The summed E-state index contributed by atoms with van der Waals surface area (Å²) in [6.45, 7) is 4.58. The predicted octanol–water partition coefficient (Wildman–Crippen LogP) is 3.78. The van der Waals surface area contributed by atoms with Crippen LogP contribution < -0.4 is 5.32 Å². The van der Waals surface area contributed by atoms with Crippen LogP contribution in [-0.4, -0.2) is 43.6 Å². The zero-order valence-corrected chi connectivity index (χ0v) is 16.9. The predicted molar refractivity (Wildman–Crippen MR) is 110 cm³/mol. The van der Waals surface area contributed by atoms with Crippen molar-refractivity contribution in [2.24, 2.45) is 23.2 Å². The van der Waals surface area contributed by atoms with Crippen molar-refractivity contribution in [3.05, 3.63) is 35.9 Å². The van der Waals surface area contributed by atoms with E-state index in [-0.39, 0.29) is 11.5 Å². The fraction of sp³-hybridized carbons (Fsp3) is 0.708. The maximum atomic E-state index is 13.0. The van der Waals surface area contributed by atoms with Crippen LogP contribution in [0.2, 0.25) is 0 Å². The molecule has 0 spiro atoms. The van der Waals surface area contributed by atoms with Crippen molar-refractivity contribution in [2.75, 3.05) is 32.8 Å². The molecule has 0 aromatic heterocycles. The van der Waals surface area contributed by atoms with Crippen LogP contribution in [0.15, 0.2) is 30.3 Å². The fourth-order valence-corrected chi connectivity index (χ4v) is 6.86. The molecule has 1 amide bonds. The third-order valence-corrected chi connectivity index (χ3v) is 7.78. The third-order valence-electron chi connectivity index (χ3n) is 7.78. The molecule has 6 rings (SSSR count). The summed E-state index contributed by atoms with van der Waals surface area (Å²) < 4.78 is 5.97. The number of nitrogens with one attached hydrogen (secondary N) is 1. The molecule has 4 nitrogen and oxygen atoms in total. The van der Waals surface area contributed by atoms with Gasteiger partial charge < -0.3 is 10.1 Å². The molecular weight excluding hydrogens is 348 g/mol. The molecule has 1 aromatic rings. The first-order valence-corrected chi connectivity index (χ1v) is 11.4. The van der Waals surface area contributed by atoms with E-state index in [2.05, 4.69) is 40.5 Å². The average Bonchev–Trinajstić information content (AvgIpc) is 2.71. The highest BCUT2D eigenvalue weighted by atomic mass is 16.5. The minimum atomic E-state index is -0.00782. The zero-order chi connectivity index (χ0) is 19.0. The Labute approximate surface area is 169 Å². The van der Waals surface area contributed by atoms with Gasteiger partial charge in [0.25, 0.3) is 0 Å². The number of morpholine rings is 1. The molecule has 1 heterocycles. The van der Waals surface area contributed by atoms with Gasteiger partial charge in [-0.05, 0) is 68.3 Å². The molecular formula is C24H34N2O2. The zero-order valence-electron chi connectivity index (χ0n) is 16.9. The largest absolute Gasteiger partial charge is 0.371 e. The highest BCUT2D eigenvalue weighted by molar-refractivity contribution is 5.83. The van der Waals surface area contributed by atoms with E-state index in [1.165, 1.54) is 24.8 Å². The molecule has 28 heavy (non-hydrogen) atoms. The first-order chi connectivity index (χ1) is 13.7. The molecule has 4 saturated carbocycles. The van der Waals surface area contributed by atoms with Gasteiger partial charge in [-0.25, -0.2) is 0 Å². The van der Waals surface area contributed by atoms with Crippen LogP contribution in [0, 0.1) is 23.2 Å². The number of amides is 1. The number of carbonyl (C=O) groups is 1. The topological polar surface area (TPSA) is 41.6 Å². The molecule has 1 aliphatic heterocycles. The second-order valence-electron chi connectivity index (χ2n) is 9.88. The van der Waals surface area contributed by atoms with Gasteiger partial charge in [-0.1, -0.05) is 30.3 Å². The van der Waals surface area contributed by atoms with Gasteiger partial charge in [-0.2, -0.15) is 0 Å². The Morgan fingerprint density at radius 2 is 1.75 bits per heavy atom. The summed E-state index contributed by atoms with van der Waals surface area (Å²) >= 11 is 0. The van der Waals surface area contributed by atoms with Gasteiger partial charge in [-0.15, -0.1) is 0 Å². The van der Waals surface area contributed by atoms with Gasteiger partial charge in [0.15, 0.2) is 0 Å². The maximum Gasteiger partial charge on any atom is 0.226 e. The highest BCUT2D eigenvalue weighted by Crippen LogP contribution is 2.60. The van der Waals surface area contributed by atoms with E-state index in [0.717, 1.165) is 76.2 Å². The van der Waals surface area contributed by atoms with Gasteiger partial charge in [0.1, 0.15) is 0 Å². The standard InChI is InChI=1S/C24H34N2O2/c27-23(24-14-18-11-19(15-24)13-20(12-18)16-24)25-7-4-8-26-9-10-28-22(17-26)21-5-2-1-3-6-21/h1-3,5-6,18-20,22H,4,7-17H2,(H,25,27)/t18?,19?,20?,22-,24?/m0/s1. The average molecular weight is 383 g/mol. The summed E-state index contributed by atoms with van der Waals surface area (Å²) in [6.07, 6.45) is 8.87. The lowest BCUT2D eigenvalue weighted by Gasteiger charge is -2.55. The fourth-order valence-electron chi connectivity index (χ4n) is 6.86. The molecule has 0 radical (unpaired) electrons. The van der Waals surface area contributed by atoms with E-state index >= 15 is 0 Å². The number of carbonyl (C=O) groups excluding carboxylic acids is 1. The normalized spacial score (nSPS) is 37.1. The van der Waals surface area contributed by atoms with Gasteiger partial charge >= 0.3 is 0 Å². The number of hydrogen-bond acceptors (Lipinski definition) is 3. The summed E-state index contributed by atoms with van der Waals surface area (Å²) in [7, 11) is 0. The van der Waals surface area contributed by atoms with Crippen LogP contribution in [0.1, 0.15) is 56.6 Å². The van der Waals surface area contributed by atoms with Crippen molar-refractivity contribution >= 4 is 5.91 Å². The summed E-state index contributed by atoms with van der Waals surface area (Å²) in [5.74, 6) is 2.87. The van der Waals surface area contributed by atoms with E-state index in [1.54, 1.807) is 0 Å². The van der Waals surface area contributed by atoms with Crippen LogP contribution in [0.5, 0.6) is 0 Å². The highest BCUT2D eigenvalue weighted by Gasteiger charge is 2.54. The summed E-state index contributed by atoms with van der Waals surface area (Å²) in [4.78, 5) is 15.5. The van der Waals surface area contributed by atoms with E-state index < -0.39 is 0 Å². The van der Waals surface area contributed by atoms with E-state index in [0.29, 0.717) is 5.91 Å². The number of nitrogens with zero attached hydrogens (tertiary/aromatic N) is 1. The molecule has 0 unspecified atom stereocenters. The third kappa shape index (κ3) is 3.73. The molecule has 152 valence electrons. The van der Waals surface area contributed by atoms with Crippen molar-refractivity contribution in [3.63, 3.8) is 0 Å². The number of rotatable bonds is 6. The van der Waals surface area contributed by atoms with Gasteiger partial charge in [0.2, 0.25) is 5.91 Å². The summed E-state index contributed by atoms with van der Waals surface area (Å²) in [5.41, 5.74) is 1.26. The SMILES string of the molecule is O=C(NCCCN1CCO[C@H](c2ccccc2)C1)C12CC3CC(CC(C3)C1)C2. The monoisotopic (exact) mass is 382 g/mol. The number of benzene rings is 1. The second-order valence-corrected chi connectivity index (χ2v) is 9.88. The quantitative estimate of drug-likeness (QED) is 0.761. The van der Waals surface area contributed by atoms with Crippen molar-refractivity contribution in [3.8, 4) is 0 Å². The van der Waals surface area contributed by atoms with Crippen molar-refractivity contribution in [1.29, 1.82) is 0 Å². The number of hydrogen-bond donors (Lipinski definition) is 1. The molecule has 1 aromatic carbocycles. The van der Waals surface area contributed by atoms with Crippen molar-refractivity contribution < 1.29 is 9.53 Å². The smallest absolute Gasteiger partial charge is 0.226 e. The van der Waals surface area contributed by atoms with Gasteiger partial charge in [-0.3, -0.25) is 9.69 Å². The molecule has 1 saturated heterocycles. The minimum absolute atomic E-state index is 0.00782. The van der Waals surface area contributed by atoms with Crippen LogP contribution in [0.25, 0.3) is 0 Å². The Bertz CT molecular complexity index is 654. The Balaban J connectivity index is 1.08. The second kappa shape index (κ2) is 7.79. The minimum Gasteiger partial charge on any atom is -0.371 e. The van der Waals surface area contributed by atoms with Gasteiger partial charge in [0.05, 0.1) is 12.7 Å². The first-order valence-electron chi connectivity index (χ1n) is 11.4. The van der Waals surface area contributed by atoms with Crippen molar-refractivity contribution in [2.45, 2.75) is 51.0 Å². The van der Waals surface area contributed by atoms with Crippen LogP contribution in [0.4, 0.5) is 0 Å². The first kappa shape index (κ1) is 18.6. The molecule has 4 aliphatic carbocycles. The summed E-state index contributed by atoms with van der Waals surface area (Å²) in [5, 5.41) is 3.33. The van der Waals surface area contributed by atoms with E-state index in [4.69, 9.17) is 4.74 Å². The lowest BCUT2D eigenvalue weighted by atomic mass is 9.49.